The van der Waals surface area contributed by atoms with Crippen LogP contribution >= 0.6 is 11.3 Å². The Labute approximate surface area is 137 Å². The number of hydrogen-bond acceptors (Lipinski definition) is 6. The summed E-state index contributed by atoms with van der Waals surface area (Å²) >= 11 is 1.08. The molecule has 0 aliphatic carbocycles. The molecule has 8 heteroatoms. The van der Waals surface area contributed by atoms with E-state index in [0.29, 0.717) is 27.3 Å². The predicted octanol–water partition coefficient (Wildman–Crippen LogP) is 1.77. The van der Waals surface area contributed by atoms with Crippen molar-refractivity contribution in [3.63, 3.8) is 0 Å². The molecular weight excluding hydrogens is 318 g/mol. The molecule has 0 fully saturated rings. The van der Waals surface area contributed by atoms with Crippen molar-refractivity contribution in [2.75, 3.05) is 6.61 Å². The predicted molar refractivity (Wildman–Crippen MR) is 87.7 cm³/mol. The molecule has 0 bridgehead atoms. The van der Waals surface area contributed by atoms with E-state index in [4.69, 9.17) is 10.5 Å². The summed E-state index contributed by atoms with van der Waals surface area (Å²) in [5, 5.41) is 0.319. The van der Waals surface area contributed by atoms with Gasteiger partial charge in [-0.05, 0) is 25.8 Å². The van der Waals surface area contributed by atoms with Crippen LogP contribution in [0.25, 0.3) is 10.2 Å². The van der Waals surface area contributed by atoms with Gasteiger partial charge >= 0.3 is 5.97 Å². The van der Waals surface area contributed by atoms with Crippen molar-refractivity contribution < 1.29 is 14.3 Å². The lowest BCUT2D eigenvalue weighted by Gasteiger charge is -2.13. The molecule has 2 N–H and O–H groups in total. The van der Waals surface area contributed by atoms with Gasteiger partial charge in [0.25, 0.3) is 11.5 Å². The van der Waals surface area contributed by atoms with Crippen LogP contribution < -0.4 is 11.3 Å². The van der Waals surface area contributed by atoms with Gasteiger partial charge in [0.2, 0.25) is 0 Å². The summed E-state index contributed by atoms with van der Waals surface area (Å²) in [6.45, 7) is 5.55. The van der Waals surface area contributed by atoms with E-state index in [1.165, 1.54) is 10.9 Å². The number of fused-ring (bicyclic) bond motifs is 1. The molecule has 7 nitrogen and oxygen atoms in total. The number of ether oxygens (including phenoxy) is 1. The first-order valence-corrected chi connectivity index (χ1v) is 8.16. The summed E-state index contributed by atoms with van der Waals surface area (Å²) in [4.78, 5) is 41.0. The molecule has 0 spiro atoms. The third kappa shape index (κ3) is 3.26. The second kappa shape index (κ2) is 6.91. The van der Waals surface area contributed by atoms with E-state index in [9.17, 15) is 14.4 Å². The number of carbonyl (C=O) groups excluding carboxylic acids is 2. The number of carbonyl (C=O) groups is 2. The third-order valence-corrected chi connectivity index (χ3v) is 4.81. The molecule has 0 saturated heterocycles. The summed E-state index contributed by atoms with van der Waals surface area (Å²) < 4.78 is 6.36. The van der Waals surface area contributed by atoms with Gasteiger partial charge in [0.05, 0.1) is 23.2 Å². The minimum absolute atomic E-state index is 0.306. The molecular formula is C15H19N3O4S. The highest BCUT2D eigenvalue weighted by molar-refractivity contribution is 7.20. The van der Waals surface area contributed by atoms with Gasteiger partial charge in [0.15, 0.2) is 0 Å². The molecule has 0 aliphatic rings. The van der Waals surface area contributed by atoms with E-state index >= 15 is 0 Å². The minimum atomic E-state index is -0.785. The SMILES string of the molecule is CCCCOC(=O)C(C)n1cnc2sc(C(N)=O)c(C)c2c1=O. The number of esters is 1. The molecule has 0 aromatic carbocycles. The molecule has 1 amide bonds. The molecule has 0 radical (unpaired) electrons. The number of hydrogen-bond donors (Lipinski definition) is 1. The molecule has 2 aromatic heterocycles. The van der Waals surface area contributed by atoms with Crippen LogP contribution in [-0.2, 0) is 9.53 Å². The Morgan fingerprint density at radius 2 is 2.17 bits per heavy atom. The molecule has 1 unspecified atom stereocenters. The van der Waals surface area contributed by atoms with Crippen LogP contribution in [0.3, 0.4) is 0 Å². The quantitative estimate of drug-likeness (QED) is 0.639. The van der Waals surface area contributed by atoms with E-state index < -0.39 is 17.9 Å². The highest BCUT2D eigenvalue weighted by Gasteiger charge is 2.22. The number of aromatic nitrogens is 2. The zero-order valence-electron chi connectivity index (χ0n) is 13.3. The van der Waals surface area contributed by atoms with Gasteiger partial charge in [-0.2, -0.15) is 0 Å². The van der Waals surface area contributed by atoms with Gasteiger partial charge in [-0.3, -0.25) is 14.2 Å². The fourth-order valence-corrected chi connectivity index (χ4v) is 3.19. The Morgan fingerprint density at radius 1 is 1.48 bits per heavy atom. The van der Waals surface area contributed by atoms with Crippen molar-refractivity contribution in [3.8, 4) is 0 Å². The van der Waals surface area contributed by atoms with Crippen molar-refractivity contribution in [3.05, 3.63) is 27.1 Å². The lowest BCUT2D eigenvalue weighted by atomic mass is 10.2. The first-order valence-electron chi connectivity index (χ1n) is 7.35. The number of nitrogens with two attached hydrogens (primary N) is 1. The largest absolute Gasteiger partial charge is 0.464 e. The minimum Gasteiger partial charge on any atom is -0.464 e. The molecule has 2 aromatic rings. The maximum Gasteiger partial charge on any atom is 0.328 e. The van der Waals surface area contributed by atoms with E-state index in [1.807, 2.05) is 6.92 Å². The van der Waals surface area contributed by atoms with Crippen LogP contribution in [0, 0.1) is 6.92 Å². The lowest BCUT2D eigenvalue weighted by Crippen LogP contribution is -2.29. The number of primary amides is 1. The Morgan fingerprint density at radius 3 is 2.78 bits per heavy atom. The summed E-state index contributed by atoms with van der Waals surface area (Å²) in [5.74, 6) is -1.08. The van der Waals surface area contributed by atoms with Gasteiger partial charge in [-0.1, -0.05) is 13.3 Å². The van der Waals surface area contributed by atoms with E-state index in [0.717, 1.165) is 24.2 Å². The Balaban J connectivity index is 2.41. The zero-order chi connectivity index (χ0) is 17.1. The van der Waals surface area contributed by atoms with Crippen molar-refractivity contribution >= 4 is 33.4 Å². The highest BCUT2D eigenvalue weighted by Crippen LogP contribution is 2.26. The van der Waals surface area contributed by atoms with Crippen LogP contribution in [0.5, 0.6) is 0 Å². The summed E-state index contributed by atoms with van der Waals surface area (Å²) in [6, 6.07) is -0.785. The average molecular weight is 337 g/mol. The molecule has 2 rings (SSSR count). The van der Waals surface area contributed by atoms with Crippen molar-refractivity contribution in [1.82, 2.24) is 9.55 Å². The first-order chi connectivity index (χ1) is 10.9. The lowest BCUT2D eigenvalue weighted by molar-refractivity contribution is -0.147. The van der Waals surface area contributed by atoms with Crippen LogP contribution in [0.4, 0.5) is 0 Å². The number of thiophene rings is 1. The maximum atomic E-state index is 12.6. The molecule has 1 atom stereocenters. The second-order valence-electron chi connectivity index (χ2n) is 5.25. The summed E-state index contributed by atoms with van der Waals surface area (Å²) in [6.07, 6.45) is 2.99. The van der Waals surface area contributed by atoms with Crippen LogP contribution in [-0.4, -0.2) is 28.0 Å². The van der Waals surface area contributed by atoms with Gasteiger partial charge in [0, 0.05) is 0 Å². The Hall–Kier alpha value is -2.22. The van der Waals surface area contributed by atoms with E-state index in [2.05, 4.69) is 4.98 Å². The first kappa shape index (κ1) is 17.1. The smallest absolute Gasteiger partial charge is 0.328 e. The van der Waals surface area contributed by atoms with Gasteiger partial charge in [0.1, 0.15) is 10.9 Å². The molecule has 0 aliphatic heterocycles. The maximum absolute atomic E-state index is 12.6. The van der Waals surface area contributed by atoms with Crippen molar-refractivity contribution in [2.24, 2.45) is 5.73 Å². The van der Waals surface area contributed by atoms with E-state index in [1.54, 1.807) is 13.8 Å². The standard InChI is InChI=1S/C15H19N3O4S/c1-4-5-6-22-15(21)9(3)18-7-17-13-10(14(18)20)8(2)11(23-13)12(16)19/h7,9H,4-6H2,1-3H3,(H2,16,19). The van der Waals surface area contributed by atoms with Crippen molar-refractivity contribution in [2.45, 2.75) is 39.7 Å². The number of nitrogens with zero attached hydrogens (tertiary/aromatic N) is 2. The summed E-state index contributed by atoms with van der Waals surface area (Å²) in [5.41, 5.74) is 5.42. The van der Waals surface area contributed by atoms with Crippen LogP contribution in [0.15, 0.2) is 11.1 Å². The van der Waals surface area contributed by atoms with E-state index in [-0.39, 0.29) is 5.56 Å². The summed E-state index contributed by atoms with van der Waals surface area (Å²) in [7, 11) is 0. The third-order valence-electron chi connectivity index (χ3n) is 3.60. The van der Waals surface area contributed by atoms with Gasteiger partial charge < -0.3 is 10.5 Å². The normalized spacial score (nSPS) is 12.3. The second-order valence-corrected chi connectivity index (χ2v) is 6.25. The fraction of sp³-hybridized carbons (Fsp3) is 0.467. The Bertz CT molecular complexity index is 809. The topological polar surface area (TPSA) is 104 Å². The zero-order valence-corrected chi connectivity index (χ0v) is 14.1. The molecule has 23 heavy (non-hydrogen) atoms. The van der Waals surface area contributed by atoms with Crippen molar-refractivity contribution in [1.29, 1.82) is 0 Å². The molecule has 2 heterocycles. The fourth-order valence-electron chi connectivity index (χ4n) is 2.20. The van der Waals surface area contributed by atoms with Gasteiger partial charge in [-0.25, -0.2) is 9.78 Å². The monoisotopic (exact) mass is 337 g/mol. The van der Waals surface area contributed by atoms with Gasteiger partial charge in [-0.15, -0.1) is 11.3 Å². The number of aryl methyl sites for hydroxylation is 1. The molecule has 0 saturated carbocycles. The number of amides is 1. The molecule has 124 valence electrons. The number of rotatable bonds is 6. The Kier molecular flexibility index (Phi) is 5.15. The van der Waals surface area contributed by atoms with Crippen LogP contribution in [0.2, 0.25) is 0 Å². The number of unbranched alkanes of at least 4 members (excludes halogenated alkanes) is 1. The van der Waals surface area contributed by atoms with Crippen LogP contribution in [0.1, 0.15) is 48.0 Å². The highest BCUT2D eigenvalue weighted by atomic mass is 32.1. The average Bonchev–Trinajstić information content (AvgIpc) is 2.85.